The van der Waals surface area contributed by atoms with E-state index in [-0.39, 0.29) is 0 Å². The summed E-state index contributed by atoms with van der Waals surface area (Å²) in [6, 6.07) is 0. The van der Waals surface area contributed by atoms with Crippen LogP contribution < -0.4 is 0 Å². The van der Waals surface area contributed by atoms with Crippen LogP contribution in [0.25, 0.3) is 0 Å². The van der Waals surface area contributed by atoms with Crippen molar-refractivity contribution in [3.63, 3.8) is 0 Å². The molecule has 0 aromatic carbocycles. The monoisotopic (exact) mass is 140 g/mol. The maximum absolute atomic E-state index is 8.28. The Hall–Kier alpha value is 0.440. The molecule has 0 atom stereocenters. The predicted molar refractivity (Wildman–Crippen MR) is 36.6 cm³/mol. The van der Waals surface area contributed by atoms with Gasteiger partial charge in [-0.3, -0.25) is 0 Å². The van der Waals surface area contributed by atoms with Crippen LogP contribution in [0.5, 0.6) is 0 Å². The maximum Gasteiger partial charge on any atom is 0.128 e. The van der Waals surface area contributed by atoms with E-state index in [9.17, 15) is 0 Å². The average molecular weight is 140 g/mol. The molecule has 0 radical (unpaired) electrons. The fourth-order valence-electron chi connectivity index (χ4n) is 0.146. The molecule has 0 aliphatic rings. The number of hydrogen-bond donors (Lipinski definition) is 3. The lowest BCUT2D eigenvalue weighted by Gasteiger charge is -1.83. The first-order valence-electron chi connectivity index (χ1n) is 1.80. The van der Waals surface area contributed by atoms with Crippen LogP contribution in [0.4, 0.5) is 0 Å². The molecular weight excluding hydrogens is 131 g/mol. The average Bonchev–Trinajstić information content (AvgIpc) is 1.61. The van der Waals surface area contributed by atoms with E-state index in [4.69, 9.17) is 9.79 Å². The molecule has 0 aromatic rings. The molecule has 0 unspecified atom stereocenters. The summed E-state index contributed by atoms with van der Waals surface area (Å²) in [4.78, 5) is 16.6. The smallest absolute Gasteiger partial charge is 0.128 e. The molecule has 0 bridgehead atoms. The molecule has 0 fully saturated rings. The summed E-state index contributed by atoms with van der Waals surface area (Å²) >= 11 is 0. The van der Waals surface area contributed by atoms with Crippen LogP contribution in [0.15, 0.2) is 12.7 Å². The SMILES string of the molecule is C=CC[SH]=[PH](O)O. The van der Waals surface area contributed by atoms with Gasteiger partial charge in [0.2, 0.25) is 0 Å². The van der Waals surface area contributed by atoms with Crippen LogP contribution in [-0.4, -0.2) is 15.5 Å². The highest BCUT2D eigenvalue weighted by Gasteiger charge is 1.69. The van der Waals surface area contributed by atoms with Crippen molar-refractivity contribution in [2.24, 2.45) is 0 Å². The Kier molecular flexibility index (Phi) is 4.88. The van der Waals surface area contributed by atoms with Crippen molar-refractivity contribution >= 4 is 18.1 Å². The van der Waals surface area contributed by atoms with Crippen LogP contribution in [0.3, 0.4) is 0 Å². The molecule has 4 heteroatoms. The van der Waals surface area contributed by atoms with Crippen molar-refractivity contribution in [1.82, 2.24) is 0 Å². The summed E-state index contributed by atoms with van der Waals surface area (Å²) in [5.74, 6) is 0.682. The minimum atomic E-state index is -2.00. The van der Waals surface area contributed by atoms with E-state index in [0.29, 0.717) is 16.7 Å². The molecule has 2 N–H and O–H groups in total. The second-order valence-electron chi connectivity index (χ2n) is 0.929. The van der Waals surface area contributed by atoms with Crippen LogP contribution >= 0.6 is 7.15 Å². The van der Waals surface area contributed by atoms with E-state index >= 15 is 0 Å². The first-order chi connectivity index (χ1) is 3.27. The molecule has 7 heavy (non-hydrogen) atoms. The van der Waals surface area contributed by atoms with E-state index in [2.05, 4.69) is 6.58 Å². The Morgan fingerprint density at radius 2 is 2.29 bits per heavy atom. The van der Waals surface area contributed by atoms with Gasteiger partial charge in [-0.2, -0.15) is 10.9 Å². The lowest BCUT2D eigenvalue weighted by molar-refractivity contribution is 0.509. The van der Waals surface area contributed by atoms with Gasteiger partial charge in [0.05, 0.1) is 0 Å². The van der Waals surface area contributed by atoms with Gasteiger partial charge >= 0.3 is 0 Å². The minimum Gasteiger partial charge on any atom is -0.351 e. The molecule has 0 aromatic heterocycles. The van der Waals surface area contributed by atoms with E-state index in [0.717, 1.165) is 0 Å². The molecule has 0 spiro atoms. The quantitative estimate of drug-likeness (QED) is 0.285. The standard InChI is InChI=1S/C3H9O2PS/c1-2-3-7-6(4)5/h2,4-7H,1,3H2. The van der Waals surface area contributed by atoms with Gasteiger partial charge in [-0.1, -0.05) is 6.08 Å². The third-order valence-electron chi connectivity index (χ3n) is 0.362. The van der Waals surface area contributed by atoms with Crippen molar-refractivity contribution in [3.05, 3.63) is 12.7 Å². The van der Waals surface area contributed by atoms with Gasteiger partial charge in [0.25, 0.3) is 0 Å². The Bertz CT molecular complexity index is 86.9. The van der Waals surface area contributed by atoms with Gasteiger partial charge in [-0.25, -0.2) is 0 Å². The molecule has 44 valence electrons. The van der Waals surface area contributed by atoms with E-state index in [1.165, 1.54) is 0 Å². The molecule has 0 saturated heterocycles. The lowest BCUT2D eigenvalue weighted by Crippen LogP contribution is -1.67. The summed E-state index contributed by atoms with van der Waals surface area (Å²) in [5.41, 5.74) is 0. The van der Waals surface area contributed by atoms with Gasteiger partial charge in [0.1, 0.15) is 7.15 Å². The van der Waals surface area contributed by atoms with Gasteiger partial charge in [-0.15, -0.1) is 6.58 Å². The van der Waals surface area contributed by atoms with Crippen molar-refractivity contribution in [3.8, 4) is 0 Å². The highest BCUT2D eigenvalue weighted by molar-refractivity contribution is 8.11. The van der Waals surface area contributed by atoms with E-state index < -0.39 is 7.15 Å². The molecule has 0 heterocycles. The zero-order valence-electron chi connectivity index (χ0n) is 3.83. The fourth-order valence-corrected chi connectivity index (χ4v) is 1.32. The Morgan fingerprint density at radius 3 is 2.43 bits per heavy atom. The predicted octanol–water partition coefficient (Wildman–Crippen LogP) is -0.0689. The van der Waals surface area contributed by atoms with Crippen LogP contribution in [0.2, 0.25) is 0 Å². The number of thiol groups is 1. The zero-order chi connectivity index (χ0) is 5.70. The second kappa shape index (κ2) is 4.60. The van der Waals surface area contributed by atoms with E-state index in [1.807, 2.05) is 0 Å². The largest absolute Gasteiger partial charge is 0.351 e. The third-order valence-corrected chi connectivity index (χ3v) is 2.48. The summed E-state index contributed by atoms with van der Waals surface area (Å²) in [6.45, 7) is 3.42. The van der Waals surface area contributed by atoms with Crippen LogP contribution in [0, 0.1) is 0 Å². The number of rotatable bonds is 2. The molecular formula is C3H9O2PS. The lowest BCUT2D eigenvalue weighted by atomic mass is 10.8. The molecule has 0 amide bonds. The summed E-state index contributed by atoms with van der Waals surface area (Å²) in [6.07, 6.45) is 1.67. The Balaban J connectivity index is 3.25. The van der Waals surface area contributed by atoms with Crippen molar-refractivity contribution in [2.45, 2.75) is 0 Å². The number of hydrogen-bond acceptors (Lipinski definition) is 0. The van der Waals surface area contributed by atoms with Crippen molar-refractivity contribution in [2.75, 3.05) is 5.75 Å². The Morgan fingerprint density at radius 1 is 1.71 bits per heavy atom. The first-order valence-corrected chi connectivity index (χ1v) is 5.12. The van der Waals surface area contributed by atoms with Gasteiger partial charge in [0, 0.05) is 5.75 Å². The van der Waals surface area contributed by atoms with E-state index in [1.54, 1.807) is 6.08 Å². The van der Waals surface area contributed by atoms with Gasteiger partial charge in [-0.05, 0) is 0 Å². The van der Waals surface area contributed by atoms with Crippen LogP contribution in [0.1, 0.15) is 0 Å². The molecule has 0 saturated carbocycles. The van der Waals surface area contributed by atoms with Crippen LogP contribution in [-0.2, 0) is 10.9 Å². The highest BCUT2D eigenvalue weighted by atomic mass is 32.5. The zero-order valence-corrected chi connectivity index (χ0v) is 5.73. The summed E-state index contributed by atoms with van der Waals surface area (Å²) < 4.78 is 0. The molecule has 0 aliphatic carbocycles. The first kappa shape index (κ1) is 7.44. The highest BCUT2D eigenvalue weighted by Crippen LogP contribution is 2.06. The summed E-state index contributed by atoms with van der Waals surface area (Å²) in [7, 11) is -1.29. The minimum absolute atomic E-state index is 0.682. The normalized spacial score (nSPS) is 9.57. The van der Waals surface area contributed by atoms with Gasteiger partial charge in [0.15, 0.2) is 0 Å². The second-order valence-corrected chi connectivity index (χ2v) is 4.36. The van der Waals surface area contributed by atoms with Crippen molar-refractivity contribution in [1.29, 1.82) is 0 Å². The van der Waals surface area contributed by atoms with Crippen molar-refractivity contribution < 1.29 is 9.79 Å². The fraction of sp³-hybridized carbons (Fsp3) is 0.333. The molecule has 0 aliphatic heterocycles. The topological polar surface area (TPSA) is 40.5 Å². The van der Waals surface area contributed by atoms with Gasteiger partial charge < -0.3 is 9.79 Å². The third kappa shape index (κ3) is 6.44. The molecule has 2 nitrogen and oxygen atoms in total. The maximum atomic E-state index is 8.28. The Labute approximate surface area is 47.0 Å². The molecule has 0 rings (SSSR count). The summed E-state index contributed by atoms with van der Waals surface area (Å²) in [5, 5.41) is 0.